The lowest BCUT2D eigenvalue weighted by molar-refractivity contribution is 0.112. The summed E-state index contributed by atoms with van der Waals surface area (Å²) in [6, 6.07) is 8.25. The van der Waals surface area contributed by atoms with Gasteiger partial charge in [-0.15, -0.1) is 0 Å². The Bertz CT molecular complexity index is 564. The van der Waals surface area contributed by atoms with Gasteiger partial charge in [-0.05, 0) is 31.9 Å². The van der Waals surface area contributed by atoms with E-state index in [0.717, 1.165) is 43.8 Å². The average molecular weight is 289 g/mol. The number of nitrogens with one attached hydrogen (secondary N) is 1. The molecule has 0 saturated heterocycles. The van der Waals surface area contributed by atoms with Gasteiger partial charge in [0.15, 0.2) is 0 Å². The standard InChI is InChI=1S/C17H27N3O/c1-4-17(5-2,13-21)12-18-11-16-19-14-9-7-8-10-15(14)20(16)6-3/h7-10,18,21H,4-6,11-13H2,1-3H3. The maximum Gasteiger partial charge on any atom is 0.123 e. The molecule has 4 heteroatoms. The first-order valence-electron chi connectivity index (χ1n) is 7.95. The van der Waals surface area contributed by atoms with Crippen molar-refractivity contribution in [1.82, 2.24) is 14.9 Å². The second kappa shape index (κ2) is 7.05. The monoisotopic (exact) mass is 289 g/mol. The third-order valence-electron chi connectivity index (χ3n) is 4.67. The van der Waals surface area contributed by atoms with Crippen molar-refractivity contribution >= 4 is 11.0 Å². The van der Waals surface area contributed by atoms with Crippen LogP contribution in [0.15, 0.2) is 24.3 Å². The first-order chi connectivity index (χ1) is 10.2. The molecular weight excluding hydrogens is 262 g/mol. The average Bonchev–Trinajstić information content (AvgIpc) is 2.89. The van der Waals surface area contributed by atoms with Crippen LogP contribution in [-0.2, 0) is 13.1 Å². The van der Waals surface area contributed by atoms with Gasteiger partial charge in [0.1, 0.15) is 5.82 Å². The van der Waals surface area contributed by atoms with Crippen LogP contribution in [0.2, 0.25) is 0 Å². The Labute approximate surface area is 127 Å². The van der Waals surface area contributed by atoms with Crippen LogP contribution in [0.25, 0.3) is 11.0 Å². The largest absolute Gasteiger partial charge is 0.396 e. The molecule has 0 aliphatic carbocycles. The molecule has 0 radical (unpaired) electrons. The van der Waals surface area contributed by atoms with E-state index in [4.69, 9.17) is 4.98 Å². The van der Waals surface area contributed by atoms with Gasteiger partial charge >= 0.3 is 0 Å². The maximum absolute atomic E-state index is 9.63. The number of imidazole rings is 1. The summed E-state index contributed by atoms with van der Waals surface area (Å²) >= 11 is 0. The van der Waals surface area contributed by atoms with Crippen molar-refractivity contribution in [1.29, 1.82) is 0 Å². The van der Waals surface area contributed by atoms with Gasteiger partial charge in [-0.3, -0.25) is 0 Å². The molecule has 2 rings (SSSR count). The van der Waals surface area contributed by atoms with Crippen molar-refractivity contribution in [3.8, 4) is 0 Å². The molecule has 21 heavy (non-hydrogen) atoms. The highest BCUT2D eigenvalue weighted by atomic mass is 16.3. The van der Waals surface area contributed by atoms with E-state index in [1.54, 1.807) is 0 Å². The lowest BCUT2D eigenvalue weighted by atomic mass is 9.83. The maximum atomic E-state index is 9.63. The quantitative estimate of drug-likeness (QED) is 0.785. The Morgan fingerprint density at radius 1 is 1.19 bits per heavy atom. The van der Waals surface area contributed by atoms with Crippen LogP contribution in [0.5, 0.6) is 0 Å². The Balaban J connectivity index is 2.10. The summed E-state index contributed by atoms with van der Waals surface area (Å²) in [5.41, 5.74) is 2.23. The number of aliphatic hydroxyl groups excluding tert-OH is 1. The van der Waals surface area contributed by atoms with Crippen LogP contribution in [-0.4, -0.2) is 27.8 Å². The van der Waals surface area contributed by atoms with Gasteiger partial charge in [-0.1, -0.05) is 26.0 Å². The molecule has 0 spiro atoms. The zero-order chi connectivity index (χ0) is 15.3. The number of nitrogens with zero attached hydrogens (tertiary/aromatic N) is 2. The summed E-state index contributed by atoms with van der Waals surface area (Å²) in [6.07, 6.45) is 1.97. The van der Waals surface area contributed by atoms with E-state index in [1.807, 2.05) is 6.07 Å². The number of para-hydroxylation sites is 2. The van der Waals surface area contributed by atoms with Crippen LogP contribution in [0.3, 0.4) is 0 Å². The van der Waals surface area contributed by atoms with Gasteiger partial charge in [0.25, 0.3) is 0 Å². The molecule has 116 valence electrons. The topological polar surface area (TPSA) is 50.1 Å². The zero-order valence-corrected chi connectivity index (χ0v) is 13.4. The number of aliphatic hydroxyl groups is 1. The van der Waals surface area contributed by atoms with Gasteiger partial charge < -0.3 is 15.0 Å². The number of aromatic nitrogens is 2. The fourth-order valence-corrected chi connectivity index (χ4v) is 2.83. The number of benzene rings is 1. The van der Waals surface area contributed by atoms with Crippen molar-refractivity contribution in [2.75, 3.05) is 13.2 Å². The first-order valence-corrected chi connectivity index (χ1v) is 7.95. The zero-order valence-electron chi connectivity index (χ0n) is 13.4. The Morgan fingerprint density at radius 2 is 1.90 bits per heavy atom. The molecule has 0 fully saturated rings. The van der Waals surface area contributed by atoms with E-state index >= 15 is 0 Å². The summed E-state index contributed by atoms with van der Waals surface area (Å²) in [6.45, 7) is 9.15. The lowest BCUT2D eigenvalue weighted by Crippen LogP contribution is -2.36. The third kappa shape index (κ3) is 3.27. The highest BCUT2D eigenvalue weighted by Gasteiger charge is 2.24. The molecule has 2 aromatic rings. The minimum absolute atomic E-state index is 0.0109. The van der Waals surface area contributed by atoms with E-state index in [2.05, 4.69) is 48.9 Å². The van der Waals surface area contributed by atoms with E-state index in [1.165, 1.54) is 5.52 Å². The van der Waals surface area contributed by atoms with Crippen molar-refractivity contribution in [3.63, 3.8) is 0 Å². The molecule has 0 unspecified atom stereocenters. The molecule has 2 N–H and O–H groups in total. The predicted octanol–water partition coefficient (Wildman–Crippen LogP) is 2.94. The van der Waals surface area contributed by atoms with Crippen LogP contribution in [0, 0.1) is 5.41 Å². The van der Waals surface area contributed by atoms with E-state index < -0.39 is 0 Å². The Kier molecular flexibility index (Phi) is 5.37. The van der Waals surface area contributed by atoms with Crippen LogP contribution >= 0.6 is 0 Å². The summed E-state index contributed by atoms with van der Waals surface area (Å²) in [5, 5.41) is 13.1. The van der Waals surface area contributed by atoms with Crippen molar-refractivity contribution in [2.45, 2.75) is 46.7 Å². The van der Waals surface area contributed by atoms with E-state index in [0.29, 0.717) is 0 Å². The molecular formula is C17H27N3O. The Morgan fingerprint density at radius 3 is 2.52 bits per heavy atom. The molecule has 1 heterocycles. The van der Waals surface area contributed by atoms with Crippen LogP contribution in [0.1, 0.15) is 39.4 Å². The molecule has 1 aromatic heterocycles. The van der Waals surface area contributed by atoms with Crippen molar-refractivity contribution in [2.24, 2.45) is 5.41 Å². The SMILES string of the molecule is CCn1c(CNCC(CC)(CC)CO)nc2ccccc21. The molecule has 0 aliphatic rings. The minimum atomic E-state index is -0.0109. The second-order valence-electron chi connectivity index (χ2n) is 5.73. The Hall–Kier alpha value is -1.39. The fraction of sp³-hybridized carbons (Fsp3) is 0.588. The van der Waals surface area contributed by atoms with Gasteiger partial charge in [0, 0.05) is 25.1 Å². The van der Waals surface area contributed by atoms with Gasteiger partial charge in [-0.2, -0.15) is 0 Å². The molecule has 0 saturated carbocycles. The number of aryl methyl sites for hydroxylation is 1. The molecule has 1 aromatic carbocycles. The van der Waals surface area contributed by atoms with Gasteiger partial charge in [0.2, 0.25) is 0 Å². The molecule has 0 bridgehead atoms. The molecule has 0 aliphatic heterocycles. The number of fused-ring (bicyclic) bond motifs is 1. The number of hydrogen-bond donors (Lipinski definition) is 2. The van der Waals surface area contributed by atoms with Gasteiger partial charge in [-0.25, -0.2) is 4.98 Å². The van der Waals surface area contributed by atoms with Crippen LogP contribution < -0.4 is 5.32 Å². The first kappa shape index (κ1) is 16.0. The number of hydrogen-bond acceptors (Lipinski definition) is 3. The van der Waals surface area contributed by atoms with E-state index in [-0.39, 0.29) is 12.0 Å². The number of rotatable bonds is 8. The lowest BCUT2D eigenvalue weighted by Gasteiger charge is -2.29. The van der Waals surface area contributed by atoms with Gasteiger partial charge in [0.05, 0.1) is 17.6 Å². The highest BCUT2D eigenvalue weighted by Crippen LogP contribution is 2.24. The summed E-state index contributed by atoms with van der Waals surface area (Å²) in [7, 11) is 0. The smallest absolute Gasteiger partial charge is 0.123 e. The van der Waals surface area contributed by atoms with Crippen molar-refractivity contribution in [3.05, 3.63) is 30.1 Å². The van der Waals surface area contributed by atoms with E-state index in [9.17, 15) is 5.11 Å². The molecule has 0 amide bonds. The van der Waals surface area contributed by atoms with Crippen LogP contribution in [0.4, 0.5) is 0 Å². The second-order valence-corrected chi connectivity index (χ2v) is 5.73. The summed E-state index contributed by atoms with van der Waals surface area (Å²) in [5.74, 6) is 1.07. The summed E-state index contributed by atoms with van der Waals surface area (Å²) < 4.78 is 2.25. The third-order valence-corrected chi connectivity index (χ3v) is 4.67. The van der Waals surface area contributed by atoms with Crippen molar-refractivity contribution < 1.29 is 5.11 Å². The fourth-order valence-electron chi connectivity index (χ4n) is 2.83. The predicted molar refractivity (Wildman–Crippen MR) is 87.2 cm³/mol. The normalized spacial score (nSPS) is 12.2. The highest BCUT2D eigenvalue weighted by molar-refractivity contribution is 5.75. The molecule has 4 nitrogen and oxygen atoms in total. The summed E-state index contributed by atoms with van der Waals surface area (Å²) in [4.78, 5) is 4.72. The molecule has 0 atom stereocenters. The minimum Gasteiger partial charge on any atom is -0.396 e.